The standard InChI is InChI=1S/C10H10N2OS/c13-10-9(4-1-5-11-10)12-7-8-3-2-6-14-8/h1-6,12H,7H2,(H,11,13). The third kappa shape index (κ3) is 2.03. The van der Waals surface area contributed by atoms with Gasteiger partial charge in [0, 0.05) is 17.6 Å². The van der Waals surface area contributed by atoms with E-state index in [0.717, 1.165) is 0 Å². The van der Waals surface area contributed by atoms with E-state index in [1.165, 1.54) is 4.88 Å². The summed E-state index contributed by atoms with van der Waals surface area (Å²) in [6.45, 7) is 0.699. The largest absolute Gasteiger partial charge is 0.376 e. The summed E-state index contributed by atoms with van der Waals surface area (Å²) in [6.07, 6.45) is 1.62. The van der Waals surface area contributed by atoms with Crippen molar-refractivity contribution < 1.29 is 0 Å². The van der Waals surface area contributed by atoms with Gasteiger partial charge in [-0.15, -0.1) is 11.3 Å². The maximum atomic E-state index is 11.3. The van der Waals surface area contributed by atoms with E-state index in [9.17, 15) is 4.79 Å². The predicted octanol–water partition coefficient (Wildman–Crippen LogP) is 2.05. The lowest BCUT2D eigenvalue weighted by Crippen LogP contribution is -2.12. The molecule has 2 N–H and O–H groups in total. The molecule has 2 rings (SSSR count). The summed E-state index contributed by atoms with van der Waals surface area (Å²) >= 11 is 1.67. The molecule has 2 heterocycles. The summed E-state index contributed by atoms with van der Waals surface area (Å²) in [6, 6.07) is 7.61. The highest BCUT2D eigenvalue weighted by atomic mass is 32.1. The average Bonchev–Trinajstić information content (AvgIpc) is 2.69. The van der Waals surface area contributed by atoms with Gasteiger partial charge in [0.1, 0.15) is 5.69 Å². The van der Waals surface area contributed by atoms with Gasteiger partial charge in [-0.1, -0.05) is 6.07 Å². The second-order valence-corrected chi connectivity index (χ2v) is 3.88. The van der Waals surface area contributed by atoms with Crippen molar-refractivity contribution in [2.45, 2.75) is 6.54 Å². The van der Waals surface area contributed by atoms with E-state index in [0.29, 0.717) is 12.2 Å². The molecule has 0 amide bonds. The molecule has 0 saturated heterocycles. The molecule has 0 saturated carbocycles. The molecule has 0 aliphatic heterocycles. The first-order valence-corrected chi connectivity index (χ1v) is 5.18. The van der Waals surface area contributed by atoms with Crippen LogP contribution >= 0.6 is 11.3 Å². The Morgan fingerprint density at radius 1 is 1.36 bits per heavy atom. The first-order chi connectivity index (χ1) is 6.86. The van der Waals surface area contributed by atoms with Gasteiger partial charge in [-0.2, -0.15) is 0 Å². The van der Waals surface area contributed by atoms with Crippen molar-refractivity contribution in [3.63, 3.8) is 0 Å². The van der Waals surface area contributed by atoms with Crippen LogP contribution in [0.25, 0.3) is 0 Å². The van der Waals surface area contributed by atoms with Gasteiger partial charge in [-0.05, 0) is 23.6 Å². The van der Waals surface area contributed by atoms with Crippen molar-refractivity contribution in [1.82, 2.24) is 4.98 Å². The lowest BCUT2D eigenvalue weighted by Gasteiger charge is -2.02. The Morgan fingerprint density at radius 3 is 3.00 bits per heavy atom. The molecule has 0 aliphatic rings. The highest BCUT2D eigenvalue weighted by Gasteiger charge is 1.97. The monoisotopic (exact) mass is 206 g/mol. The van der Waals surface area contributed by atoms with E-state index in [-0.39, 0.29) is 5.56 Å². The first-order valence-electron chi connectivity index (χ1n) is 4.30. The van der Waals surface area contributed by atoms with E-state index < -0.39 is 0 Å². The quantitative estimate of drug-likeness (QED) is 0.807. The fourth-order valence-corrected chi connectivity index (χ4v) is 1.80. The van der Waals surface area contributed by atoms with Crippen molar-refractivity contribution in [2.24, 2.45) is 0 Å². The van der Waals surface area contributed by atoms with E-state index in [1.807, 2.05) is 17.5 Å². The zero-order valence-corrected chi connectivity index (χ0v) is 8.30. The van der Waals surface area contributed by atoms with Gasteiger partial charge in [-0.3, -0.25) is 4.79 Å². The number of pyridine rings is 1. The number of nitrogens with one attached hydrogen (secondary N) is 2. The summed E-state index contributed by atoms with van der Waals surface area (Å²) in [7, 11) is 0. The molecule has 2 aromatic heterocycles. The minimum absolute atomic E-state index is 0.0796. The topological polar surface area (TPSA) is 44.9 Å². The number of rotatable bonds is 3. The molecule has 0 radical (unpaired) electrons. The number of hydrogen-bond acceptors (Lipinski definition) is 3. The van der Waals surface area contributed by atoms with Crippen LogP contribution in [-0.2, 0) is 6.54 Å². The summed E-state index contributed by atoms with van der Waals surface area (Å²) in [4.78, 5) is 15.1. The van der Waals surface area contributed by atoms with Crippen LogP contribution in [0.3, 0.4) is 0 Å². The van der Waals surface area contributed by atoms with Gasteiger partial charge < -0.3 is 10.3 Å². The molecule has 0 aliphatic carbocycles. The van der Waals surface area contributed by atoms with Gasteiger partial charge in [0.15, 0.2) is 0 Å². The van der Waals surface area contributed by atoms with Crippen LogP contribution in [0.1, 0.15) is 4.88 Å². The van der Waals surface area contributed by atoms with Gasteiger partial charge in [-0.25, -0.2) is 0 Å². The SMILES string of the molecule is O=c1[nH]cccc1NCc1cccs1. The molecule has 0 aromatic carbocycles. The molecule has 72 valence electrons. The van der Waals surface area contributed by atoms with Crippen molar-refractivity contribution >= 4 is 17.0 Å². The maximum Gasteiger partial charge on any atom is 0.271 e. The molecule has 0 fully saturated rings. The molecule has 0 unspecified atom stereocenters. The van der Waals surface area contributed by atoms with Crippen molar-refractivity contribution in [2.75, 3.05) is 5.32 Å². The number of hydrogen-bond donors (Lipinski definition) is 2. The van der Waals surface area contributed by atoms with E-state index in [2.05, 4.69) is 10.3 Å². The lowest BCUT2D eigenvalue weighted by molar-refractivity contribution is 1.14. The number of aromatic amines is 1. The Kier molecular flexibility index (Phi) is 2.65. The summed E-state index contributed by atoms with van der Waals surface area (Å²) in [5, 5.41) is 5.10. The molecule has 3 nitrogen and oxygen atoms in total. The summed E-state index contributed by atoms with van der Waals surface area (Å²) in [5.74, 6) is 0. The Morgan fingerprint density at radius 2 is 2.29 bits per heavy atom. The number of thiophene rings is 1. The fourth-order valence-electron chi connectivity index (χ4n) is 1.16. The Hall–Kier alpha value is -1.55. The molecular formula is C10H10N2OS. The van der Waals surface area contributed by atoms with Crippen LogP contribution < -0.4 is 10.9 Å². The zero-order chi connectivity index (χ0) is 9.80. The Balaban J connectivity index is 2.06. The maximum absolute atomic E-state index is 11.3. The van der Waals surface area contributed by atoms with Gasteiger partial charge in [0.05, 0.1) is 0 Å². The summed E-state index contributed by atoms with van der Waals surface area (Å²) < 4.78 is 0. The van der Waals surface area contributed by atoms with Crippen LogP contribution in [0, 0.1) is 0 Å². The first kappa shape index (κ1) is 9.02. The average molecular weight is 206 g/mol. The van der Waals surface area contributed by atoms with Crippen LogP contribution in [0.2, 0.25) is 0 Å². The molecule has 2 aromatic rings. The summed E-state index contributed by atoms with van der Waals surface area (Å²) in [5.41, 5.74) is 0.532. The highest BCUT2D eigenvalue weighted by Crippen LogP contribution is 2.09. The van der Waals surface area contributed by atoms with E-state index >= 15 is 0 Å². The smallest absolute Gasteiger partial charge is 0.271 e. The molecule has 14 heavy (non-hydrogen) atoms. The molecular weight excluding hydrogens is 196 g/mol. The minimum atomic E-state index is -0.0796. The van der Waals surface area contributed by atoms with Gasteiger partial charge in [0.2, 0.25) is 0 Å². The van der Waals surface area contributed by atoms with Crippen LogP contribution in [0.15, 0.2) is 40.6 Å². The van der Waals surface area contributed by atoms with Crippen molar-refractivity contribution in [1.29, 1.82) is 0 Å². The van der Waals surface area contributed by atoms with Crippen LogP contribution in [0.4, 0.5) is 5.69 Å². The number of H-pyrrole nitrogens is 1. The fraction of sp³-hybridized carbons (Fsp3) is 0.100. The Labute approximate surface area is 85.4 Å². The molecule has 0 bridgehead atoms. The van der Waals surface area contributed by atoms with Crippen LogP contribution in [0.5, 0.6) is 0 Å². The third-order valence-corrected chi connectivity index (χ3v) is 2.73. The lowest BCUT2D eigenvalue weighted by atomic mass is 10.4. The zero-order valence-electron chi connectivity index (χ0n) is 7.49. The van der Waals surface area contributed by atoms with E-state index in [4.69, 9.17) is 0 Å². The second kappa shape index (κ2) is 4.11. The Bertz CT molecular complexity index is 447. The molecule has 0 spiro atoms. The number of aromatic nitrogens is 1. The minimum Gasteiger partial charge on any atom is -0.376 e. The normalized spacial score (nSPS) is 10.0. The number of anilines is 1. The van der Waals surface area contributed by atoms with Crippen molar-refractivity contribution in [3.05, 3.63) is 51.1 Å². The molecule has 0 atom stereocenters. The van der Waals surface area contributed by atoms with Gasteiger partial charge >= 0.3 is 0 Å². The van der Waals surface area contributed by atoms with Gasteiger partial charge in [0.25, 0.3) is 5.56 Å². The molecule has 4 heteroatoms. The van der Waals surface area contributed by atoms with E-state index in [1.54, 1.807) is 29.7 Å². The third-order valence-electron chi connectivity index (χ3n) is 1.85. The highest BCUT2D eigenvalue weighted by molar-refractivity contribution is 7.09. The second-order valence-electron chi connectivity index (χ2n) is 2.85. The van der Waals surface area contributed by atoms with Crippen LogP contribution in [-0.4, -0.2) is 4.98 Å². The predicted molar refractivity (Wildman–Crippen MR) is 58.7 cm³/mol. The van der Waals surface area contributed by atoms with Crippen molar-refractivity contribution in [3.8, 4) is 0 Å².